The number of carbonyl (C=O) groups excluding carboxylic acids is 1. The number of hydrogen-bond donors (Lipinski definition) is 3. The molecule has 132 valence electrons. The number of aromatic nitrogens is 4. The van der Waals surface area contributed by atoms with Gasteiger partial charge in [-0.15, -0.1) is 0 Å². The quantitative estimate of drug-likeness (QED) is 0.523. The van der Waals surface area contributed by atoms with Crippen LogP contribution in [0.5, 0.6) is 0 Å². The number of aromatic amines is 1. The second-order valence-corrected chi connectivity index (χ2v) is 5.96. The number of aryl methyl sites for hydroxylation is 1. The molecule has 0 fully saturated rings. The van der Waals surface area contributed by atoms with Crippen molar-refractivity contribution in [3.05, 3.63) is 53.7 Å². The second kappa shape index (κ2) is 6.23. The summed E-state index contributed by atoms with van der Waals surface area (Å²) in [5, 5.41) is 19.1. The molecule has 3 N–H and O–H groups in total. The van der Waals surface area contributed by atoms with Gasteiger partial charge in [0.2, 0.25) is 0 Å². The van der Waals surface area contributed by atoms with Crippen molar-refractivity contribution in [2.24, 2.45) is 0 Å². The summed E-state index contributed by atoms with van der Waals surface area (Å²) in [7, 11) is 0. The van der Waals surface area contributed by atoms with Crippen LogP contribution in [0.4, 0.5) is 4.39 Å². The number of nitrogens with one attached hydrogen (secondary N) is 2. The summed E-state index contributed by atoms with van der Waals surface area (Å²) in [4.78, 5) is 16.3. The maximum atomic E-state index is 13.7. The smallest absolute Gasteiger partial charge is 0.269 e. The first-order valence-electron chi connectivity index (χ1n) is 8.09. The number of nitrogens with zero attached hydrogens (tertiary/aromatic N) is 3. The summed E-state index contributed by atoms with van der Waals surface area (Å²) in [5.74, 6) is -0.668. The van der Waals surface area contributed by atoms with Gasteiger partial charge in [0.05, 0.1) is 41.2 Å². The minimum absolute atomic E-state index is 0.132. The third-order valence-corrected chi connectivity index (χ3v) is 4.28. The zero-order valence-electron chi connectivity index (χ0n) is 14.0. The molecule has 3 heterocycles. The van der Waals surface area contributed by atoms with Gasteiger partial charge in [0.25, 0.3) is 5.91 Å². The van der Waals surface area contributed by atoms with E-state index < -0.39 is 0 Å². The Morgan fingerprint density at radius 2 is 2.15 bits per heavy atom. The average Bonchev–Trinajstić information content (AvgIpc) is 3.21. The van der Waals surface area contributed by atoms with E-state index in [0.29, 0.717) is 0 Å². The van der Waals surface area contributed by atoms with Crippen molar-refractivity contribution in [3.63, 3.8) is 0 Å². The highest BCUT2D eigenvalue weighted by molar-refractivity contribution is 6.07. The molecule has 0 saturated carbocycles. The van der Waals surface area contributed by atoms with Crippen molar-refractivity contribution in [2.75, 3.05) is 13.2 Å². The van der Waals surface area contributed by atoms with Crippen LogP contribution in [0.3, 0.4) is 0 Å². The summed E-state index contributed by atoms with van der Waals surface area (Å²) < 4.78 is 15.6. The van der Waals surface area contributed by atoms with Crippen LogP contribution >= 0.6 is 0 Å². The summed E-state index contributed by atoms with van der Waals surface area (Å²) in [5.41, 5.74) is 4.23. The second-order valence-electron chi connectivity index (χ2n) is 5.96. The van der Waals surface area contributed by atoms with Crippen molar-refractivity contribution >= 4 is 27.8 Å². The fourth-order valence-corrected chi connectivity index (χ4v) is 3.11. The molecule has 0 aliphatic rings. The Morgan fingerprint density at radius 1 is 1.31 bits per heavy atom. The van der Waals surface area contributed by atoms with E-state index in [0.717, 1.165) is 33.2 Å². The largest absolute Gasteiger partial charge is 0.395 e. The number of aliphatic hydroxyl groups excluding tert-OH is 1. The summed E-state index contributed by atoms with van der Waals surface area (Å²) >= 11 is 0. The molecule has 1 amide bonds. The molecule has 4 aromatic rings. The summed E-state index contributed by atoms with van der Waals surface area (Å²) in [6.45, 7) is 1.92. The van der Waals surface area contributed by atoms with E-state index in [9.17, 15) is 9.18 Å². The first kappa shape index (κ1) is 16.2. The monoisotopic (exact) mass is 353 g/mol. The van der Waals surface area contributed by atoms with Gasteiger partial charge in [0, 0.05) is 11.9 Å². The third-order valence-electron chi connectivity index (χ3n) is 4.28. The van der Waals surface area contributed by atoms with Gasteiger partial charge in [-0.05, 0) is 36.8 Å². The molecule has 0 atom stereocenters. The molecule has 3 aromatic heterocycles. The Bertz CT molecular complexity index is 1130. The Morgan fingerprint density at radius 3 is 2.92 bits per heavy atom. The fourth-order valence-electron chi connectivity index (χ4n) is 3.11. The van der Waals surface area contributed by atoms with E-state index in [1.54, 1.807) is 24.5 Å². The van der Waals surface area contributed by atoms with E-state index in [-0.39, 0.29) is 30.6 Å². The number of fused-ring (bicyclic) bond motifs is 3. The highest BCUT2D eigenvalue weighted by Crippen LogP contribution is 2.31. The number of amides is 1. The lowest BCUT2D eigenvalue weighted by atomic mass is 10.2. The number of pyridine rings is 1. The van der Waals surface area contributed by atoms with Crippen LogP contribution < -0.4 is 5.32 Å². The van der Waals surface area contributed by atoms with Crippen molar-refractivity contribution in [3.8, 4) is 5.69 Å². The van der Waals surface area contributed by atoms with Gasteiger partial charge in [-0.3, -0.25) is 9.89 Å². The van der Waals surface area contributed by atoms with Gasteiger partial charge in [-0.2, -0.15) is 5.10 Å². The third kappa shape index (κ3) is 2.51. The number of carbonyl (C=O) groups is 1. The highest BCUT2D eigenvalue weighted by Gasteiger charge is 2.17. The molecule has 0 bridgehead atoms. The molecule has 0 aliphatic heterocycles. The van der Waals surface area contributed by atoms with Gasteiger partial charge in [-0.25, -0.2) is 9.37 Å². The standard InChI is InChI=1S/C18H16FN5O2/c1-10-6-13(18(26)20-4-5-25)21-8-15(10)24-14-3-2-11(19)7-12(14)17-16(24)9-22-23-17/h2-3,6-9,25H,4-5H2,1H3,(H,20,26)(H,22,23). The number of rotatable bonds is 4. The Labute approximate surface area is 147 Å². The zero-order chi connectivity index (χ0) is 18.3. The number of H-pyrrole nitrogens is 1. The number of halogens is 1. The van der Waals surface area contributed by atoms with Crippen LogP contribution in [0.25, 0.3) is 27.6 Å². The summed E-state index contributed by atoms with van der Waals surface area (Å²) in [6, 6.07) is 6.26. The molecule has 0 spiro atoms. The average molecular weight is 353 g/mol. The van der Waals surface area contributed by atoms with Crippen molar-refractivity contribution in [2.45, 2.75) is 6.92 Å². The molecular formula is C18H16FN5O2. The predicted molar refractivity (Wildman–Crippen MR) is 94.8 cm³/mol. The molecule has 0 aliphatic carbocycles. The number of aliphatic hydroxyl groups is 1. The molecule has 0 radical (unpaired) electrons. The number of hydrogen-bond acceptors (Lipinski definition) is 4. The molecule has 0 saturated heterocycles. The maximum Gasteiger partial charge on any atom is 0.269 e. The normalized spacial score (nSPS) is 11.3. The van der Waals surface area contributed by atoms with Crippen LogP contribution in [-0.2, 0) is 0 Å². The van der Waals surface area contributed by atoms with E-state index >= 15 is 0 Å². The van der Waals surface area contributed by atoms with Crippen molar-refractivity contribution in [1.29, 1.82) is 0 Å². The van der Waals surface area contributed by atoms with Crippen molar-refractivity contribution < 1.29 is 14.3 Å². The fraction of sp³-hybridized carbons (Fsp3) is 0.167. The van der Waals surface area contributed by atoms with Crippen LogP contribution in [0.2, 0.25) is 0 Å². The van der Waals surface area contributed by atoms with Crippen LogP contribution in [0, 0.1) is 12.7 Å². The summed E-state index contributed by atoms with van der Waals surface area (Å²) in [6.07, 6.45) is 3.28. The van der Waals surface area contributed by atoms with Gasteiger partial charge in [-0.1, -0.05) is 0 Å². The molecule has 8 heteroatoms. The zero-order valence-corrected chi connectivity index (χ0v) is 14.0. The Hall–Kier alpha value is -3.26. The van der Waals surface area contributed by atoms with Crippen molar-refractivity contribution in [1.82, 2.24) is 25.1 Å². The lowest BCUT2D eigenvalue weighted by molar-refractivity contribution is 0.0939. The van der Waals surface area contributed by atoms with E-state index in [4.69, 9.17) is 5.11 Å². The molecular weight excluding hydrogens is 337 g/mol. The molecule has 7 nitrogen and oxygen atoms in total. The number of benzene rings is 1. The molecule has 4 rings (SSSR count). The molecule has 1 aromatic carbocycles. The SMILES string of the molecule is Cc1cc(C(=O)NCCO)ncc1-n1c2ccc(F)cc2c2[nH]ncc21. The Balaban J connectivity index is 1.87. The first-order chi connectivity index (χ1) is 12.6. The lowest BCUT2D eigenvalue weighted by Crippen LogP contribution is -2.27. The van der Waals surface area contributed by atoms with Gasteiger partial charge in [0.1, 0.15) is 11.5 Å². The first-order valence-corrected chi connectivity index (χ1v) is 8.09. The topological polar surface area (TPSA) is 95.8 Å². The van der Waals surface area contributed by atoms with Crippen LogP contribution in [0.15, 0.2) is 36.7 Å². The molecule has 26 heavy (non-hydrogen) atoms. The maximum absolute atomic E-state index is 13.7. The van der Waals surface area contributed by atoms with Crippen LogP contribution in [0.1, 0.15) is 16.1 Å². The minimum Gasteiger partial charge on any atom is -0.395 e. The Kier molecular flexibility index (Phi) is 3.89. The van der Waals surface area contributed by atoms with E-state index in [1.807, 2.05) is 11.5 Å². The van der Waals surface area contributed by atoms with Gasteiger partial charge < -0.3 is 15.0 Å². The van der Waals surface area contributed by atoms with Gasteiger partial charge in [0.15, 0.2) is 0 Å². The van der Waals surface area contributed by atoms with Crippen LogP contribution in [-0.4, -0.2) is 43.9 Å². The molecule has 0 unspecified atom stereocenters. The van der Waals surface area contributed by atoms with Gasteiger partial charge >= 0.3 is 0 Å². The lowest BCUT2D eigenvalue weighted by Gasteiger charge is -2.11. The van der Waals surface area contributed by atoms with E-state index in [2.05, 4.69) is 20.5 Å². The van der Waals surface area contributed by atoms with E-state index in [1.165, 1.54) is 12.1 Å². The predicted octanol–water partition coefficient (Wildman–Crippen LogP) is 2.07. The highest BCUT2D eigenvalue weighted by atomic mass is 19.1. The minimum atomic E-state index is -0.346.